The van der Waals surface area contributed by atoms with Gasteiger partial charge in [0.2, 0.25) is 0 Å². The minimum atomic E-state index is -1.18. The maximum absolute atomic E-state index is 12.8. The van der Waals surface area contributed by atoms with E-state index in [2.05, 4.69) is 15.9 Å². The number of rotatable bonds is 1. The van der Waals surface area contributed by atoms with Crippen LogP contribution in [0.1, 0.15) is 10.4 Å². The van der Waals surface area contributed by atoms with Gasteiger partial charge in [-0.3, -0.25) is 4.79 Å². The van der Waals surface area contributed by atoms with Crippen LogP contribution in [0.3, 0.4) is 0 Å². The molecule has 0 saturated carbocycles. The van der Waals surface area contributed by atoms with Gasteiger partial charge in [-0.15, -0.1) is 0 Å². The van der Waals surface area contributed by atoms with Gasteiger partial charge < -0.3 is 0 Å². The maximum Gasteiger partial charge on any atom is 0.254 e. The Morgan fingerprint density at radius 3 is 2.46 bits per heavy atom. The largest absolute Gasteiger partial charge is 0.276 e. The second-order valence-electron chi connectivity index (χ2n) is 2.12. The van der Waals surface area contributed by atoms with E-state index in [1.54, 1.807) is 0 Å². The summed E-state index contributed by atoms with van der Waals surface area (Å²) in [6.07, 6.45) is 0. The van der Waals surface area contributed by atoms with Crippen LogP contribution in [-0.2, 0) is 0 Å². The van der Waals surface area contributed by atoms with Crippen molar-refractivity contribution in [1.29, 1.82) is 0 Å². The summed E-state index contributed by atoms with van der Waals surface area (Å²) < 4.78 is 25.2. The molecule has 1 rings (SSSR count). The SMILES string of the molecule is O=C(Cl)c1cc(F)c(F)c(Br)c1Cl. The Morgan fingerprint density at radius 1 is 1.46 bits per heavy atom. The van der Waals surface area contributed by atoms with Crippen molar-refractivity contribution in [2.24, 2.45) is 0 Å². The monoisotopic (exact) mass is 288 g/mol. The molecule has 0 atom stereocenters. The van der Waals surface area contributed by atoms with E-state index in [9.17, 15) is 13.6 Å². The molecule has 0 bridgehead atoms. The normalized spacial score (nSPS) is 10.2. The van der Waals surface area contributed by atoms with Crippen LogP contribution in [0, 0.1) is 11.6 Å². The maximum atomic E-state index is 12.8. The lowest BCUT2D eigenvalue weighted by atomic mass is 10.2. The Labute approximate surface area is 90.8 Å². The quantitative estimate of drug-likeness (QED) is 0.437. The number of benzene rings is 1. The highest BCUT2D eigenvalue weighted by Crippen LogP contribution is 2.31. The van der Waals surface area contributed by atoms with Crippen molar-refractivity contribution >= 4 is 44.4 Å². The molecule has 0 N–H and O–H groups in total. The van der Waals surface area contributed by atoms with E-state index in [4.69, 9.17) is 23.2 Å². The lowest BCUT2D eigenvalue weighted by molar-refractivity contribution is 0.108. The van der Waals surface area contributed by atoms with Crippen molar-refractivity contribution in [1.82, 2.24) is 0 Å². The third-order valence-corrected chi connectivity index (χ3v) is 2.88. The Bertz CT molecular complexity index is 381. The molecule has 1 nitrogen and oxygen atoms in total. The summed E-state index contributed by atoms with van der Waals surface area (Å²) in [7, 11) is 0. The van der Waals surface area contributed by atoms with E-state index in [-0.39, 0.29) is 15.1 Å². The van der Waals surface area contributed by atoms with Crippen molar-refractivity contribution in [3.05, 3.63) is 32.8 Å². The van der Waals surface area contributed by atoms with Gasteiger partial charge in [0.1, 0.15) is 0 Å². The van der Waals surface area contributed by atoms with E-state index < -0.39 is 16.9 Å². The fraction of sp³-hybridized carbons (Fsp3) is 0. The zero-order valence-electron chi connectivity index (χ0n) is 5.88. The van der Waals surface area contributed by atoms with Crippen LogP contribution < -0.4 is 0 Å². The average molecular weight is 290 g/mol. The van der Waals surface area contributed by atoms with Crippen molar-refractivity contribution in [2.45, 2.75) is 0 Å². The van der Waals surface area contributed by atoms with Crippen molar-refractivity contribution in [3.8, 4) is 0 Å². The van der Waals surface area contributed by atoms with Crippen molar-refractivity contribution in [3.63, 3.8) is 0 Å². The number of carbonyl (C=O) groups excluding carboxylic acids is 1. The van der Waals surface area contributed by atoms with E-state index >= 15 is 0 Å². The van der Waals surface area contributed by atoms with Crippen LogP contribution in [0.2, 0.25) is 5.02 Å². The Balaban J connectivity index is 3.50. The highest BCUT2D eigenvalue weighted by molar-refractivity contribution is 9.10. The minimum absolute atomic E-state index is 0.237. The number of hydrogen-bond acceptors (Lipinski definition) is 1. The van der Waals surface area contributed by atoms with E-state index in [1.807, 2.05) is 0 Å². The summed E-state index contributed by atoms with van der Waals surface area (Å²) >= 11 is 13.3. The molecule has 0 spiro atoms. The van der Waals surface area contributed by atoms with Gasteiger partial charge in [-0.25, -0.2) is 8.78 Å². The summed E-state index contributed by atoms with van der Waals surface area (Å²) in [5, 5.41) is -1.18. The molecule has 0 amide bonds. The van der Waals surface area contributed by atoms with Gasteiger partial charge in [0.05, 0.1) is 15.1 Å². The molecule has 1 aromatic carbocycles. The zero-order valence-corrected chi connectivity index (χ0v) is 8.97. The van der Waals surface area contributed by atoms with Crippen LogP contribution in [-0.4, -0.2) is 5.24 Å². The Morgan fingerprint density at radius 2 is 2.00 bits per heavy atom. The van der Waals surface area contributed by atoms with Gasteiger partial charge >= 0.3 is 0 Å². The molecular weight excluding hydrogens is 289 g/mol. The molecule has 0 aliphatic carbocycles. The Hall–Kier alpha value is -0.190. The molecule has 13 heavy (non-hydrogen) atoms. The smallest absolute Gasteiger partial charge is 0.254 e. The first-order valence-electron chi connectivity index (χ1n) is 2.98. The fourth-order valence-corrected chi connectivity index (χ4v) is 1.54. The molecule has 0 fully saturated rings. The van der Waals surface area contributed by atoms with Crippen LogP contribution in [0.5, 0.6) is 0 Å². The summed E-state index contributed by atoms with van der Waals surface area (Å²) in [5.74, 6) is -2.33. The molecule has 1 aromatic rings. The van der Waals surface area contributed by atoms with Crippen LogP contribution >= 0.6 is 39.1 Å². The highest BCUT2D eigenvalue weighted by Gasteiger charge is 2.18. The Kier molecular flexibility index (Phi) is 3.27. The molecule has 70 valence electrons. The first kappa shape index (κ1) is 10.9. The highest BCUT2D eigenvalue weighted by atomic mass is 79.9. The van der Waals surface area contributed by atoms with Gasteiger partial charge in [0, 0.05) is 0 Å². The first-order chi connectivity index (χ1) is 5.95. The van der Waals surface area contributed by atoms with Gasteiger partial charge in [-0.1, -0.05) is 11.6 Å². The molecule has 0 aliphatic rings. The summed E-state index contributed by atoms with van der Waals surface area (Å²) in [5.41, 5.74) is -0.269. The molecule has 0 saturated heterocycles. The standard InChI is InChI=1S/C7HBrCl2F2O/c8-4-5(9)2(7(10)13)1-3(11)6(4)12/h1H. The first-order valence-corrected chi connectivity index (χ1v) is 4.53. The molecule has 0 heterocycles. The van der Waals surface area contributed by atoms with Gasteiger partial charge in [-0.2, -0.15) is 0 Å². The molecule has 0 aliphatic heterocycles. The second-order valence-corrected chi connectivity index (χ2v) is 3.64. The molecule has 6 heteroatoms. The predicted molar refractivity (Wildman–Crippen MR) is 49.3 cm³/mol. The van der Waals surface area contributed by atoms with E-state index in [0.29, 0.717) is 6.07 Å². The van der Waals surface area contributed by atoms with Gasteiger partial charge in [-0.05, 0) is 33.6 Å². The summed E-state index contributed by atoms with van der Waals surface area (Å²) in [6, 6.07) is 0.651. The lowest BCUT2D eigenvalue weighted by Crippen LogP contribution is -1.96. The molecular formula is C7HBrCl2F2O. The molecule has 0 unspecified atom stereocenters. The zero-order chi connectivity index (χ0) is 10.2. The van der Waals surface area contributed by atoms with E-state index in [0.717, 1.165) is 0 Å². The second kappa shape index (κ2) is 3.90. The number of carbonyl (C=O) groups is 1. The summed E-state index contributed by atoms with van der Waals surface area (Å²) in [4.78, 5) is 10.7. The van der Waals surface area contributed by atoms with E-state index in [1.165, 1.54) is 0 Å². The van der Waals surface area contributed by atoms with Crippen molar-refractivity contribution in [2.75, 3.05) is 0 Å². The third-order valence-electron chi connectivity index (χ3n) is 1.31. The number of hydrogen-bond donors (Lipinski definition) is 0. The van der Waals surface area contributed by atoms with Crippen LogP contribution in [0.25, 0.3) is 0 Å². The topological polar surface area (TPSA) is 17.1 Å². The third kappa shape index (κ3) is 2.00. The predicted octanol–water partition coefficient (Wildman–Crippen LogP) is 3.76. The molecule has 0 aromatic heterocycles. The summed E-state index contributed by atoms with van der Waals surface area (Å²) in [6.45, 7) is 0. The van der Waals surface area contributed by atoms with Gasteiger partial charge in [0.15, 0.2) is 11.6 Å². The minimum Gasteiger partial charge on any atom is -0.276 e. The average Bonchev–Trinajstić information content (AvgIpc) is 2.07. The van der Waals surface area contributed by atoms with Crippen LogP contribution in [0.15, 0.2) is 10.5 Å². The number of halogens is 5. The van der Waals surface area contributed by atoms with Crippen LogP contribution in [0.4, 0.5) is 8.78 Å². The fourth-order valence-electron chi connectivity index (χ4n) is 0.716. The lowest BCUT2D eigenvalue weighted by Gasteiger charge is -2.03. The van der Waals surface area contributed by atoms with Gasteiger partial charge in [0.25, 0.3) is 5.24 Å². The van der Waals surface area contributed by atoms with Crippen molar-refractivity contribution < 1.29 is 13.6 Å². The molecule has 0 radical (unpaired) electrons.